The fraction of sp³-hybridized carbons (Fsp3) is 0.435. The largest absolute Gasteiger partial charge is 0.497 e. The lowest BCUT2D eigenvalue weighted by Crippen LogP contribution is -2.39. The average molecular weight is 399 g/mol. The second kappa shape index (κ2) is 11.4. The maximum atomic E-state index is 11.9. The summed E-state index contributed by atoms with van der Waals surface area (Å²) in [4.78, 5) is 14.4. The summed E-state index contributed by atoms with van der Waals surface area (Å²) in [5.74, 6) is 1.23. The zero-order chi connectivity index (χ0) is 20.3. The van der Waals surface area contributed by atoms with Gasteiger partial charge in [0.1, 0.15) is 11.5 Å². The number of morpholine rings is 1. The molecule has 1 N–H and O–H groups in total. The van der Waals surface area contributed by atoms with Gasteiger partial charge in [0.25, 0.3) is 5.91 Å². The van der Waals surface area contributed by atoms with Crippen molar-refractivity contribution >= 4 is 5.91 Å². The van der Waals surface area contributed by atoms with Gasteiger partial charge in [0, 0.05) is 25.7 Å². The number of ether oxygens (including phenoxy) is 3. The number of nitrogens with one attached hydrogen (secondary N) is 1. The summed E-state index contributed by atoms with van der Waals surface area (Å²) in [7, 11) is 1.60. The predicted molar refractivity (Wildman–Crippen MR) is 112 cm³/mol. The van der Waals surface area contributed by atoms with Crippen LogP contribution in [0.15, 0.2) is 54.6 Å². The molecule has 2 aromatic carbocycles. The second-order valence-corrected chi connectivity index (χ2v) is 7.10. The molecule has 0 aromatic heterocycles. The zero-order valence-electron chi connectivity index (χ0n) is 17.0. The number of rotatable bonds is 10. The van der Waals surface area contributed by atoms with Crippen LogP contribution in [-0.2, 0) is 9.53 Å². The number of nitrogens with zero attached hydrogens (tertiary/aromatic N) is 1. The molecule has 6 nitrogen and oxygen atoms in total. The van der Waals surface area contributed by atoms with Gasteiger partial charge in [0.05, 0.1) is 19.8 Å². The van der Waals surface area contributed by atoms with Crippen molar-refractivity contribution < 1.29 is 19.0 Å². The van der Waals surface area contributed by atoms with E-state index in [2.05, 4.69) is 34.5 Å². The molecule has 1 aliphatic rings. The first kappa shape index (κ1) is 21.1. The van der Waals surface area contributed by atoms with Crippen molar-refractivity contribution in [1.29, 1.82) is 0 Å². The van der Waals surface area contributed by atoms with E-state index >= 15 is 0 Å². The van der Waals surface area contributed by atoms with Crippen molar-refractivity contribution in [1.82, 2.24) is 10.2 Å². The Morgan fingerprint density at radius 2 is 1.97 bits per heavy atom. The quantitative estimate of drug-likeness (QED) is 0.624. The molecular weight excluding hydrogens is 368 g/mol. The molecule has 6 heteroatoms. The Morgan fingerprint density at radius 3 is 2.79 bits per heavy atom. The minimum Gasteiger partial charge on any atom is -0.497 e. The van der Waals surface area contributed by atoms with Crippen LogP contribution in [0, 0.1) is 0 Å². The molecule has 0 radical (unpaired) electrons. The highest BCUT2D eigenvalue weighted by molar-refractivity contribution is 5.77. The van der Waals surface area contributed by atoms with Crippen LogP contribution in [0.3, 0.4) is 0 Å². The Bertz CT molecular complexity index is 754. The van der Waals surface area contributed by atoms with Gasteiger partial charge in [-0.3, -0.25) is 9.69 Å². The van der Waals surface area contributed by atoms with E-state index in [0.717, 1.165) is 39.1 Å². The summed E-state index contributed by atoms with van der Waals surface area (Å²) in [6, 6.07) is 17.6. The minimum atomic E-state index is -0.108. The monoisotopic (exact) mass is 398 g/mol. The Kier molecular flexibility index (Phi) is 8.34. The van der Waals surface area contributed by atoms with E-state index in [1.807, 2.05) is 18.2 Å². The van der Waals surface area contributed by atoms with Crippen molar-refractivity contribution in [2.45, 2.75) is 18.9 Å². The third-order valence-electron chi connectivity index (χ3n) is 4.96. The Labute approximate surface area is 172 Å². The molecule has 0 aliphatic carbocycles. The molecule has 1 amide bonds. The van der Waals surface area contributed by atoms with E-state index in [0.29, 0.717) is 18.0 Å². The van der Waals surface area contributed by atoms with Gasteiger partial charge in [0.2, 0.25) is 0 Å². The van der Waals surface area contributed by atoms with Gasteiger partial charge in [-0.1, -0.05) is 36.4 Å². The maximum absolute atomic E-state index is 11.9. The standard InChI is InChI=1S/C23H30N2O4/c1-27-20-10-7-11-21(16-20)29-18-23(26)24-12-5-6-13-25-14-15-28-22(17-25)19-8-3-2-4-9-19/h2-4,7-11,16,22H,5-6,12-15,17-18H2,1H3,(H,24,26). The van der Waals surface area contributed by atoms with Gasteiger partial charge in [-0.25, -0.2) is 0 Å². The predicted octanol–water partition coefficient (Wildman–Crippen LogP) is 3.04. The summed E-state index contributed by atoms with van der Waals surface area (Å²) in [5.41, 5.74) is 1.24. The number of carbonyl (C=O) groups is 1. The third-order valence-corrected chi connectivity index (χ3v) is 4.96. The Balaban J connectivity index is 1.28. The first-order chi connectivity index (χ1) is 14.2. The first-order valence-electron chi connectivity index (χ1n) is 10.2. The van der Waals surface area contributed by atoms with Crippen LogP contribution in [-0.4, -0.2) is 57.3 Å². The lowest BCUT2D eigenvalue weighted by atomic mass is 10.1. The zero-order valence-corrected chi connectivity index (χ0v) is 17.0. The lowest BCUT2D eigenvalue weighted by Gasteiger charge is -2.33. The highest BCUT2D eigenvalue weighted by atomic mass is 16.5. The number of methoxy groups -OCH3 is 1. The van der Waals surface area contributed by atoms with Crippen molar-refractivity contribution in [3.8, 4) is 11.5 Å². The molecule has 0 bridgehead atoms. The maximum Gasteiger partial charge on any atom is 0.257 e. The summed E-state index contributed by atoms with van der Waals surface area (Å²) in [6.45, 7) is 4.33. The van der Waals surface area contributed by atoms with Crippen LogP contribution in [0.25, 0.3) is 0 Å². The van der Waals surface area contributed by atoms with Gasteiger partial charge in [-0.2, -0.15) is 0 Å². The highest BCUT2D eigenvalue weighted by Gasteiger charge is 2.21. The molecule has 1 heterocycles. The van der Waals surface area contributed by atoms with Crippen LogP contribution in [0.4, 0.5) is 0 Å². The number of carbonyl (C=O) groups excluding carboxylic acids is 1. The number of benzene rings is 2. The summed E-state index contributed by atoms with van der Waals surface area (Å²) < 4.78 is 16.6. The summed E-state index contributed by atoms with van der Waals surface area (Å²) in [6.07, 6.45) is 2.13. The molecule has 2 aromatic rings. The van der Waals surface area contributed by atoms with E-state index in [1.165, 1.54) is 5.56 Å². The average Bonchev–Trinajstić information content (AvgIpc) is 2.78. The molecular formula is C23H30N2O4. The smallest absolute Gasteiger partial charge is 0.257 e. The first-order valence-corrected chi connectivity index (χ1v) is 10.2. The highest BCUT2D eigenvalue weighted by Crippen LogP contribution is 2.22. The lowest BCUT2D eigenvalue weighted by molar-refractivity contribution is -0.123. The fourth-order valence-corrected chi connectivity index (χ4v) is 3.35. The van der Waals surface area contributed by atoms with Gasteiger partial charge in [-0.15, -0.1) is 0 Å². The van der Waals surface area contributed by atoms with E-state index in [4.69, 9.17) is 14.2 Å². The topological polar surface area (TPSA) is 60.0 Å². The molecule has 1 unspecified atom stereocenters. The summed E-state index contributed by atoms with van der Waals surface area (Å²) in [5, 5.41) is 2.92. The molecule has 1 saturated heterocycles. The molecule has 3 rings (SSSR count). The second-order valence-electron chi connectivity index (χ2n) is 7.10. The van der Waals surface area contributed by atoms with Gasteiger partial charge < -0.3 is 19.5 Å². The van der Waals surface area contributed by atoms with Crippen molar-refractivity contribution in [3.63, 3.8) is 0 Å². The van der Waals surface area contributed by atoms with Gasteiger partial charge >= 0.3 is 0 Å². The molecule has 0 saturated carbocycles. The van der Waals surface area contributed by atoms with Crippen LogP contribution in [0.5, 0.6) is 11.5 Å². The van der Waals surface area contributed by atoms with Crippen LogP contribution in [0.2, 0.25) is 0 Å². The van der Waals surface area contributed by atoms with Crippen LogP contribution < -0.4 is 14.8 Å². The molecule has 29 heavy (non-hydrogen) atoms. The van der Waals surface area contributed by atoms with Crippen molar-refractivity contribution in [2.75, 3.05) is 46.5 Å². The van der Waals surface area contributed by atoms with E-state index < -0.39 is 0 Å². The van der Waals surface area contributed by atoms with Crippen LogP contribution in [0.1, 0.15) is 24.5 Å². The molecule has 1 fully saturated rings. The third kappa shape index (κ3) is 7.07. The number of unbranched alkanes of at least 4 members (excludes halogenated alkanes) is 1. The van der Waals surface area contributed by atoms with Crippen LogP contribution >= 0.6 is 0 Å². The van der Waals surface area contributed by atoms with Gasteiger partial charge in [-0.05, 0) is 37.1 Å². The molecule has 1 aliphatic heterocycles. The van der Waals surface area contributed by atoms with Crippen molar-refractivity contribution in [2.24, 2.45) is 0 Å². The van der Waals surface area contributed by atoms with E-state index in [9.17, 15) is 4.79 Å². The number of hydrogen-bond donors (Lipinski definition) is 1. The normalized spacial score (nSPS) is 16.9. The van der Waals surface area contributed by atoms with E-state index in [1.54, 1.807) is 19.2 Å². The molecule has 0 spiro atoms. The summed E-state index contributed by atoms with van der Waals surface area (Å²) >= 11 is 0. The number of hydrogen-bond acceptors (Lipinski definition) is 5. The number of amides is 1. The SMILES string of the molecule is COc1cccc(OCC(=O)NCCCCN2CCOC(c3ccccc3)C2)c1. The van der Waals surface area contributed by atoms with Crippen molar-refractivity contribution in [3.05, 3.63) is 60.2 Å². The molecule has 156 valence electrons. The van der Waals surface area contributed by atoms with E-state index in [-0.39, 0.29) is 18.6 Å². The molecule has 1 atom stereocenters. The Hall–Kier alpha value is -2.57. The fourth-order valence-electron chi connectivity index (χ4n) is 3.35. The minimum absolute atomic E-state index is 0.00931. The Morgan fingerprint density at radius 1 is 1.14 bits per heavy atom. The van der Waals surface area contributed by atoms with Gasteiger partial charge in [0.15, 0.2) is 6.61 Å².